The van der Waals surface area contributed by atoms with Crippen LogP contribution < -0.4 is 10.6 Å². The first-order valence-corrected chi connectivity index (χ1v) is 11.2. The van der Waals surface area contributed by atoms with E-state index in [1.165, 1.54) is 6.08 Å². The molecule has 0 aromatic carbocycles. The van der Waals surface area contributed by atoms with Crippen molar-refractivity contribution in [2.45, 2.75) is 32.2 Å². The first kappa shape index (κ1) is 21.0. The van der Waals surface area contributed by atoms with Gasteiger partial charge in [0.15, 0.2) is 5.13 Å². The molecule has 0 bridgehead atoms. The molecule has 0 spiro atoms. The lowest BCUT2D eigenvalue weighted by atomic mass is 10.1. The van der Waals surface area contributed by atoms with Crippen LogP contribution in [-0.2, 0) is 11.2 Å². The largest absolute Gasteiger partial charge is 0.365 e. The molecular formula is C23H26N6OS. The average Bonchev–Trinajstić information content (AvgIpc) is 3.18. The second-order valence-corrected chi connectivity index (χ2v) is 8.85. The SMILES string of the molecule is C=CC(=O)N1CCCC(Nc2cc(Cc3ccccn3)cc(Nc3ncc(C)s3)n2)C1. The molecule has 1 atom stereocenters. The van der Waals surface area contributed by atoms with E-state index in [2.05, 4.69) is 33.2 Å². The first-order valence-electron chi connectivity index (χ1n) is 10.4. The molecule has 7 nitrogen and oxygen atoms in total. The summed E-state index contributed by atoms with van der Waals surface area (Å²) in [4.78, 5) is 28.6. The molecule has 3 aromatic rings. The predicted molar refractivity (Wildman–Crippen MR) is 125 cm³/mol. The Morgan fingerprint density at radius 3 is 2.94 bits per heavy atom. The van der Waals surface area contributed by atoms with Crippen molar-refractivity contribution >= 4 is 34.0 Å². The highest BCUT2D eigenvalue weighted by Crippen LogP contribution is 2.25. The Hall–Kier alpha value is -3.26. The van der Waals surface area contributed by atoms with Gasteiger partial charge in [-0.05, 0) is 55.7 Å². The van der Waals surface area contributed by atoms with Crippen LogP contribution in [-0.4, -0.2) is 44.9 Å². The lowest BCUT2D eigenvalue weighted by Crippen LogP contribution is -2.44. The average molecular weight is 435 g/mol. The number of likely N-dealkylation sites (tertiary alicyclic amines) is 1. The highest BCUT2D eigenvalue weighted by atomic mass is 32.1. The van der Waals surface area contributed by atoms with E-state index in [1.807, 2.05) is 42.3 Å². The van der Waals surface area contributed by atoms with Gasteiger partial charge in [0.2, 0.25) is 5.91 Å². The second kappa shape index (κ2) is 9.70. The van der Waals surface area contributed by atoms with Gasteiger partial charge in [-0.3, -0.25) is 9.78 Å². The molecule has 1 fully saturated rings. The number of hydrogen-bond acceptors (Lipinski definition) is 7. The molecule has 1 aliphatic heterocycles. The van der Waals surface area contributed by atoms with Crippen LogP contribution in [0.1, 0.15) is 29.0 Å². The fourth-order valence-electron chi connectivity index (χ4n) is 3.69. The monoisotopic (exact) mass is 434 g/mol. The fourth-order valence-corrected chi connectivity index (χ4v) is 4.37. The minimum absolute atomic E-state index is 0.0233. The highest BCUT2D eigenvalue weighted by Gasteiger charge is 2.22. The molecule has 4 heterocycles. The van der Waals surface area contributed by atoms with Gasteiger partial charge in [0, 0.05) is 48.5 Å². The first-order chi connectivity index (χ1) is 15.1. The van der Waals surface area contributed by atoms with E-state index in [-0.39, 0.29) is 11.9 Å². The van der Waals surface area contributed by atoms with E-state index in [4.69, 9.17) is 4.98 Å². The van der Waals surface area contributed by atoms with E-state index < -0.39 is 0 Å². The molecular weight excluding hydrogens is 408 g/mol. The maximum absolute atomic E-state index is 12.0. The van der Waals surface area contributed by atoms with Gasteiger partial charge in [-0.15, -0.1) is 11.3 Å². The van der Waals surface area contributed by atoms with Crippen LogP contribution in [0.3, 0.4) is 0 Å². The minimum Gasteiger partial charge on any atom is -0.365 e. The number of thiazole rings is 1. The summed E-state index contributed by atoms with van der Waals surface area (Å²) in [6.07, 6.45) is 7.68. The highest BCUT2D eigenvalue weighted by molar-refractivity contribution is 7.15. The number of anilines is 3. The van der Waals surface area contributed by atoms with Crippen molar-refractivity contribution in [1.29, 1.82) is 0 Å². The summed E-state index contributed by atoms with van der Waals surface area (Å²) in [5.41, 5.74) is 2.10. The predicted octanol–water partition coefficient (Wildman–Crippen LogP) is 4.16. The van der Waals surface area contributed by atoms with Gasteiger partial charge in [-0.25, -0.2) is 9.97 Å². The zero-order valence-electron chi connectivity index (χ0n) is 17.5. The Morgan fingerprint density at radius 1 is 1.32 bits per heavy atom. The normalized spacial score (nSPS) is 16.0. The summed E-state index contributed by atoms with van der Waals surface area (Å²) in [5, 5.41) is 7.66. The summed E-state index contributed by atoms with van der Waals surface area (Å²) in [6.45, 7) is 7.05. The van der Waals surface area contributed by atoms with Crippen molar-refractivity contribution in [3.05, 3.63) is 71.5 Å². The summed E-state index contributed by atoms with van der Waals surface area (Å²) < 4.78 is 0. The van der Waals surface area contributed by atoms with Crippen molar-refractivity contribution < 1.29 is 4.79 Å². The summed E-state index contributed by atoms with van der Waals surface area (Å²) >= 11 is 1.59. The lowest BCUT2D eigenvalue weighted by molar-refractivity contribution is -0.127. The van der Waals surface area contributed by atoms with Gasteiger partial charge in [-0.1, -0.05) is 12.6 Å². The maximum Gasteiger partial charge on any atom is 0.246 e. The molecule has 1 aliphatic rings. The quantitative estimate of drug-likeness (QED) is 0.543. The Balaban J connectivity index is 1.56. The zero-order valence-corrected chi connectivity index (χ0v) is 18.4. The Bertz CT molecular complexity index is 1050. The maximum atomic E-state index is 12.0. The van der Waals surface area contributed by atoms with Gasteiger partial charge in [0.05, 0.1) is 0 Å². The molecule has 4 rings (SSSR count). The Labute approximate surface area is 186 Å². The van der Waals surface area contributed by atoms with Crippen molar-refractivity contribution in [3.63, 3.8) is 0 Å². The number of aryl methyl sites for hydroxylation is 1. The lowest BCUT2D eigenvalue weighted by Gasteiger charge is -2.33. The fraction of sp³-hybridized carbons (Fsp3) is 0.304. The van der Waals surface area contributed by atoms with E-state index >= 15 is 0 Å². The molecule has 1 amide bonds. The van der Waals surface area contributed by atoms with Crippen LogP contribution in [0.5, 0.6) is 0 Å². The molecule has 8 heteroatoms. The number of amides is 1. The van der Waals surface area contributed by atoms with Gasteiger partial charge in [-0.2, -0.15) is 0 Å². The van der Waals surface area contributed by atoms with E-state index in [9.17, 15) is 4.79 Å². The van der Waals surface area contributed by atoms with E-state index in [0.717, 1.165) is 52.3 Å². The third kappa shape index (κ3) is 5.67. The number of carbonyl (C=O) groups excluding carboxylic acids is 1. The third-order valence-electron chi connectivity index (χ3n) is 5.11. The van der Waals surface area contributed by atoms with Crippen LogP contribution in [0, 0.1) is 6.92 Å². The number of carbonyl (C=O) groups is 1. The number of pyridine rings is 2. The molecule has 0 radical (unpaired) electrons. The molecule has 0 saturated carbocycles. The summed E-state index contributed by atoms with van der Waals surface area (Å²) in [7, 11) is 0. The van der Waals surface area contributed by atoms with Crippen LogP contribution in [0.2, 0.25) is 0 Å². The standard InChI is InChI=1S/C23H26N6OS/c1-3-22(30)29-10-6-8-19(15-29)26-20-12-17(11-18-7-4-5-9-24-18)13-21(27-20)28-23-25-14-16(2)31-23/h3-5,7,9,12-14,19H,1,6,8,10-11,15H2,2H3,(H2,25,26,27,28). The van der Waals surface area contributed by atoms with Crippen molar-refractivity contribution in [3.8, 4) is 0 Å². The number of rotatable bonds is 7. The molecule has 1 saturated heterocycles. The van der Waals surface area contributed by atoms with Crippen molar-refractivity contribution in [1.82, 2.24) is 19.9 Å². The van der Waals surface area contributed by atoms with Gasteiger partial charge < -0.3 is 15.5 Å². The molecule has 1 unspecified atom stereocenters. The van der Waals surface area contributed by atoms with Crippen molar-refractivity contribution in [2.75, 3.05) is 23.7 Å². The van der Waals surface area contributed by atoms with Gasteiger partial charge >= 0.3 is 0 Å². The summed E-state index contributed by atoms with van der Waals surface area (Å²) in [5.74, 6) is 1.49. The summed E-state index contributed by atoms with van der Waals surface area (Å²) in [6, 6.07) is 10.2. The minimum atomic E-state index is -0.0233. The number of piperidine rings is 1. The Kier molecular flexibility index (Phi) is 6.57. The molecule has 0 aliphatic carbocycles. The smallest absolute Gasteiger partial charge is 0.246 e. The molecule has 31 heavy (non-hydrogen) atoms. The van der Waals surface area contributed by atoms with Crippen LogP contribution >= 0.6 is 11.3 Å². The van der Waals surface area contributed by atoms with Crippen molar-refractivity contribution in [2.24, 2.45) is 0 Å². The third-order valence-corrected chi connectivity index (χ3v) is 5.94. The van der Waals surface area contributed by atoms with E-state index in [0.29, 0.717) is 13.0 Å². The van der Waals surface area contributed by atoms with Crippen LogP contribution in [0.4, 0.5) is 16.8 Å². The van der Waals surface area contributed by atoms with E-state index in [1.54, 1.807) is 17.5 Å². The topological polar surface area (TPSA) is 83.0 Å². The number of aromatic nitrogens is 3. The van der Waals surface area contributed by atoms with Gasteiger partial charge in [0.1, 0.15) is 11.6 Å². The zero-order chi connectivity index (χ0) is 21.6. The Morgan fingerprint density at radius 2 is 2.19 bits per heavy atom. The van der Waals surface area contributed by atoms with Crippen LogP contribution in [0.15, 0.2) is 55.4 Å². The molecule has 2 N–H and O–H groups in total. The molecule has 160 valence electrons. The number of hydrogen-bond donors (Lipinski definition) is 2. The molecule has 3 aromatic heterocycles. The number of nitrogens with one attached hydrogen (secondary N) is 2. The van der Waals surface area contributed by atoms with Crippen LogP contribution in [0.25, 0.3) is 0 Å². The van der Waals surface area contributed by atoms with Gasteiger partial charge in [0.25, 0.3) is 0 Å². The second-order valence-electron chi connectivity index (χ2n) is 7.62. The number of nitrogens with zero attached hydrogens (tertiary/aromatic N) is 4.